The Morgan fingerprint density at radius 3 is 2.28 bits per heavy atom. The first-order valence-electron chi connectivity index (χ1n) is 9.65. The van der Waals surface area contributed by atoms with Crippen molar-refractivity contribution in [1.82, 2.24) is 0 Å². The van der Waals surface area contributed by atoms with E-state index in [1.807, 2.05) is 0 Å². The minimum absolute atomic E-state index is 0.0268. The Kier molecular flexibility index (Phi) is 4.68. The van der Waals surface area contributed by atoms with Crippen molar-refractivity contribution in [3.63, 3.8) is 0 Å². The molecule has 0 aromatic heterocycles. The van der Waals surface area contributed by atoms with Crippen molar-refractivity contribution in [2.45, 2.75) is 32.5 Å². The molecule has 3 atom stereocenters. The van der Waals surface area contributed by atoms with Crippen LogP contribution in [0.25, 0.3) is 0 Å². The average Bonchev–Trinajstić information content (AvgIpc) is 2.94. The SMILES string of the molecule is CC(C)(C)OC(=O)C1C2CN(c3c(F)cc(N4CC(CO)OC4=O)cc3F)CC21. The van der Waals surface area contributed by atoms with Gasteiger partial charge < -0.3 is 19.5 Å². The topological polar surface area (TPSA) is 79.3 Å². The van der Waals surface area contributed by atoms with Crippen LogP contribution in [0.1, 0.15) is 20.8 Å². The zero-order valence-electron chi connectivity index (χ0n) is 16.5. The number of benzene rings is 1. The van der Waals surface area contributed by atoms with Crippen LogP contribution in [0.3, 0.4) is 0 Å². The number of esters is 1. The third-order valence-corrected chi connectivity index (χ3v) is 5.58. The highest BCUT2D eigenvalue weighted by atomic mass is 19.1. The Morgan fingerprint density at radius 1 is 1.21 bits per heavy atom. The smallest absolute Gasteiger partial charge is 0.414 e. The van der Waals surface area contributed by atoms with E-state index in [0.29, 0.717) is 13.1 Å². The first kappa shape index (κ1) is 19.9. The van der Waals surface area contributed by atoms with E-state index in [1.165, 1.54) is 0 Å². The van der Waals surface area contributed by atoms with Crippen molar-refractivity contribution in [2.24, 2.45) is 17.8 Å². The number of aliphatic hydroxyl groups is 1. The molecule has 2 aliphatic heterocycles. The summed E-state index contributed by atoms with van der Waals surface area (Å²) < 4.78 is 39.8. The van der Waals surface area contributed by atoms with E-state index >= 15 is 0 Å². The number of cyclic esters (lactones) is 1. The number of carbonyl (C=O) groups is 2. The van der Waals surface area contributed by atoms with E-state index in [-0.39, 0.29) is 48.2 Å². The second-order valence-corrected chi connectivity index (χ2v) is 8.85. The molecule has 7 nitrogen and oxygen atoms in total. The molecule has 1 aromatic rings. The molecule has 158 valence electrons. The van der Waals surface area contributed by atoms with Gasteiger partial charge >= 0.3 is 12.1 Å². The minimum atomic E-state index is -0.782. The molecule has 1 amide bonds. The number of halogens is 2. The fourth-order valence-electron chi connectivity index (χ4n) is 4.27. The number of nitrogens with zero attached hydrogens (tertiary/aromatic N) is 2. The molecular formula is C20H24F2N2O5. The van der Waals surface area contributed by atoms with Gasteiger partial charge in [0, 0.05) is 25.2 Å². The standard InChI is InChI=1S/C20H24F2N2O5/c1-20(2,3)29-18(26)16-12-7-23(8-13(12)16)17-14(21)4-10(5-15(17)22)24-6-11(9-25)28-19(24)27/h4-5,11-13,16,25H,6-9H2,1-3H3. The molecule has 0 bridgehead atoms. The highest BCUT2D eigenvalue weighted by molar-refractivity contribution is 5.90. The first-order chi connectivity index (χ1) is 13.6. The Labute approximate surface area is 167 Å². The number of piperidine rings is 1. The van der Waals surface area contributed by atoms with Crippen LogP contribution in [-0.4, -0.2) is 55.1 Å². The van der Waals surface area contributed by atoms with Gasteiger partial charge in [-0.25, -0.2) is 13.6 Å². The molecule has 2 saturated heterocycles. The lowest BCUT2D eigenvalue weighted by Crippen LogP contribution is -2.31. The molecule has 9 heteroatoms. The van der Waals surface area contributed by atoms with Crippen LogP contribution in [0.15, 0.2) is 12.1 Å². The summed E-state index contributed by atoms with van der Waals surface area (Å²) in [5.74, 6) is -1.98. The number of hydrogen-bond donors (Lipinski definition) is 1. The molecule has 1 saturated carbocycles. The lowest BCUT2D eigenvalue weighted by Gasteiger charge is -2.25. The first-order valence-corrected chi connectivity index (χ1v) is 9.65. The van der Waals surface area contributed by atoms with E-state index < -0.39 is 29.4 Å². The summed E-state index contributed by atoms with van der Waals surface area (Å²) in [6.07, 6.45) is -1.47. The Hall–Kier alpha value is -2.42. The second kappa shape index (κ2) is 6.83. The van der Waals surface area contributed by atoms with E-state index in [2.05, 4.69) is 0 Å². The van der Waals surface area contributed by atoms with Crippen LogP contribution < -0.4 is 9.80 Å². The highest BCUT2D eigenvalue weighted by Gasteiger charge is 2.61. The summed E-state index contributed by atoms with van der Waals surface area (Å²) in [4.78, 5) is 26.8. The molecule has 4 rings (SSSR count). The number of ether oxygens (including phenoxy) is 2. The molecule has 0 radical (unpaired) electrons. The summed E-state index contributed by atoms with van der Waals surface area (Å²) in [5, 5.41) is 9.11. The summed E-state index contributed by atoms with van der Waals surface area (Å²) in [5.41, 5.74) is -0.677. The summed E-state index contributed by atoms with van der Waals surface area (Å²) in [7, 11) is 0. The quantitative estimate of drug-likeness (QED) is 0.768. The van der Waals surface area contributed by atoms with Gasteiger partial charge in [0.15, 0.2) is 11.6 Å². The van der Waals surface area contributed by atoms with Gasteiger partial charge in [-0.1, -0.05) is 0 Å². The van der Waals surface area contributed by atoms with Gasteiger partial charge in [0.05, 0.1) is 24.8 Å². The average molecular weight is 410 g/mol. The van der Waals surface area contributed by atoms with Crippen molar-refractivity contribution in [3.05, 3.63) is 23.8 Å². The largest absolute Gasteiger partial charge is 0.460 e. The van der Waals surface area contributed by atoms with E-state index in [4.69, 9.17) is 14.6 Å². The van der Waals surface area contributed by atoms with Gasteiger partial charge in [0.2, 0.25) is 0 Å². The van der Waals surface area contributed by atoms with Gasteiger partial charge in [-0.15, -0.1) is 0 Å². The summed E-state index contributed by atoms with van der Waals surface area (Å²) in [6, 6.07) is 2.18. The van der Waals surface area contributed by atoms with Crippen molar-refractivity contribution in [2.75, 3.05) is 36.0 Å². The number of fused-ring (bicyclic) bond motifs is 1. The molecule has 1 aliphatic carbocycles. The molecule has 3 unspecified atom stereocenters. The van der Waals surface area contributed by atoms with Crippen LogP contribution in [0, 0.1) is 29.4 Å². The maximum absolute atomic E-state index is 14.7. The normalized spacial score (nSPS) is 28.4. The van der Waals surface area contributed by atoms with Crippen LogP contribution in [0.5, 0.6) is 0 Å². The van der Waals surface area contributed by atoms with E-state index in [1.54, 1.807) is 25.7 Å². The Bertz CT molecular complexity index is 821. The van der Waals surface area contributed by atoms with Crippen LogP contribution in [0.4, 0.5) is 25.0 Å². The maximum Gasteiger partial charge on any atom is 0.414 e. The third-order valence-electron chi connectivity index (χ3n) is 5.58. The molecule has 3 aliphatic rings. The van der Waals surface area contributed by atoms with Gasteiger partial charge in [-0.3, -0.25) is 9.69 Å². The fourth-order valence-corrected chi connectivity index (χ4v) is 4.27. The summed E-state index contributed by atoms with van der Waals surface area (Å²) in [6.45, 7) is 5.83. The van der Waals surface area contributed by atoms with Gasteiger partial charge in [0.25, 0.3) is 0 Å². The van der Waals surface area contributed by atoms with Crippen LogP contribution in [0.2, 0.25) is 0 Å². The van der Waals surface area contributed by atoms with Gasteiger partial charge in [-0.2, -0.15) is 0 Å². The van der Waals surface area contributed by atoms with Crippen molar-refractivity contribution in [1.29, 1.82) is 0 Å². The number of amides is 1. The molecule has 3 fully saturated rings. The second-order valence-electron chi connectivity index (χ2n) is 8.85. The Morgan fingerprint density at radius 2 is 1.79 bits per heavy atom. The zero-order chi connectivity index (χ0) is 21.1. The molecule has 2 heterocycles. The molecule has 0 spiro atoms. The zero-order valence-corrected chi connectivity index (χ0v) is 16.5. The monoisotopic (exact) mass is 410 g/mol. The highest BCUT2D eigenvalue weighted by Crippen LogP contribution is 2.54. The van der Waals surface area contributed by atoms with Crippen molar-refractivity contribution < 1.29 is 33.0 Å². The van der Waals surface area contributed by atoms with E-state index in [0.717, 1.165) is 17.0 Å². The number of carbonyl (C=O) groups excluding carboxylic acids is 2. The lowest BCUT2D eigenvalue weighted by atomic mass is 10.1. The third kappa shape index (κ3) is 3.63. The number of anilines is 2. The van der Waals surface area contributed by atoms with Gasteiger partial charge in [0.1, 0.15) is 17.4 Å². The van der Waals surface area contributed by atoms with Crippen LogP contribution in [-0.2, 0) is 14.3 Å². The summed E-state index contributed by atoms with van der Waals surface area (Å²) >= 11 is 0. The van der Waals surface area contributed by atoms with Crippen molar-refractivity contribution >= 4 is 23.4 Å². The predicted molar refractivity (Wildman–Crippen MR) is 99.6 cm³/mol. The minimum Gasteiger partial charge on any atom is -0.460 e. The van der Waals surface area contributed by atoms with Crippen molar-refractivity contribution in [3.8, 4) is 0 Å². The predicted octanol–water partition coefficient (Wildman–Crippen LogP) is 2.31. The number of hydrogen-bond acceptors (Lipinski definition) is 6. The molecule has 1 N–H and O–H groups in total. The Balaban J connectivity index is 1.45. The molecule has 29 heavy (non-hydrogen) atoms. The van der Waals surface area contributed by atoms with E-state index in [9.17, 15) is 18.4 Å². The van der Waals surface area contributed by atoms with Crippen LogP contribution >= 0.6 is 0 Å². The molecular weight excluding hydrogens is 386 g/mol. The number of aliphatic hydroxyl groups excluding tert-OH is 1. The van der Waals surface area contributed by atoms with Gasteiger partial charge in [-0.05, 0) is 32.6 Å². The number of rotatable bonds is 4. The maximum atomic E-state index is 14.7. The lowest BCUT2D eigenvalue weighted by molar-refractivity contribution is -0.157. The fraction of sp³-hybridized carbons (Fsp3) is 0.600. The molecule has 1 aromatic carbocycles.